The average Bonchev–Trinajstić information content (AvgIpc) is 2.37. The van der Waals surface area contributed by atoms with Crippen LogP contribution in [0, 0.1) is 5.82 Å². The molecule has 0 bridgehead atoms. The zero-order valence-corrected chi connectivity index (χ0v) is 13.1. The molecule has 0 radical (unpaired) electrons. The predicted molar refractivity (Wildman–Crippen MR) is 78.5 cm³/mol. The number of ether oxygens (including phenoxy) is 1. The molecule has 0 heterocycles. The third kappa shape index (κ3) is 4.17. The molecule has 0 aliphatic heterocycles. The van der Waals surface area contributed by atoms with E-state index in [2.05, 4.69) is 0 Å². The zero-order valence-electron chi connectivity index (χ0n) is 12.3. The molecule has 1 fully saturated rings. The third-order valence-corrected chi connectivity index (χ3v) is 5.55. The van der Waals surface area contributed by atoms with Gasteiger partial charge in [0.1, 0.15) is 21.4 Å². The molecule has 3 atom stereocenters. The van der Waals surface area contributed by atoms with Crippen LogP contribution in [-0.4, -0.2) is 31.1 Å². The van der Waals surface area contributed by atoms with Gasteiger partial charge in [-0.2, -0.15) is 0 Å². The molecule has 0 saturated heterocycles. The number of hydrogen-bond acceptors (Lipinski definition) is 4. The van der Waals surface area contributed by atoms with Gasteiger partial charge >= 0.3 is 0 Å². The van der Waals surface area contributed by atoms with Gasteiger partial charge in [-0.05, 0) is 38.3 Å². The van der Waals surface area contributed by atoms with E-state index < -0.39 is 21.8 Å². The molecule has 4 nitrogen and oxygen atoms in total. The highest BCUT2D eigenvalue weighted by molar-refractivity contribution is 7.91. The molecule has 0 aromatic heterocycles. The van der Waals surface area contributed by atoms with E-state index in [0.29, 0.717) is 18.6 Å². The van der Waals surface area contributed by atoms with Gasteiger partial charge < -0.3 is 9.84 Å². The molecule has 21 heavy (non-hydrogen) atoms. The summed E-state index contributed by atoms with van der Waals surface area (Å²) in [6.45, 7) is 1.50. The van der Waals surface area contributed by atoms with Crippen molar-refractivity contribution >= 4 is 9.84 Å². The van der Waals surface area contributed by atoms with E-state index in [1.165, 1.54) is 25.3 Å². The third-order valence-electron chi connectivity index (χ3n) is 3.91. The van der Waals surface area contributed by atoms with Crippen molar-refractivity contribution in [1.82, 2.24) is 0 Å². The van der Waals surface area contributed by atoms with Crippen LogP contribution in [-0.2, 0) is 9.84 Å². The topological polar surface area (TPSA) is 63.6 Å². The van der Waals surface area contributed by atoms with Crippen molar-refractivity contribution in [3.05, 3.63) is 29.6 Å². The van der Waals surface area contributed by atoms with Crippen molar-refractivity contribution in [2.24, 2.45) is 0 Å². The minimum absolute atomic E-state index is 0.213. The number of rotatable bonds is 4. The van der Waals surface area contributed by atoms with Gasteiger partial charge in [0.2, 0.25) is 0 Å². The van der Waals surface area contributed by atoms with Gasteiger partial charge in [0.25, 0.3) is 0 Å². The second-order valence-electron chi connectivity index (χ2n) is 5.72. The molecule has 0 amide bonds. The summed E-state index contributed by atoms with van der Waals surface area (Å²) >= 11 is 0. The number of benzene rings is 1. The molecule has 1 saturated carbocycles. The van der Waals surface area contributed by atoms with Gasteiger partial charge in [-0.15, -0.1) is 0 Å². The standard InChI is InChI=1S/C15H21FO4S/c1-10(17)14-7-6-12(9-15(14)16)20-11-4-3-5-13(8-11)21(2,18)19/h6-7,9-11,13,17H,3-5,8H2,1-2H3/t10-,11?,13?/m1/s1. The van der Waals surface area contributed by atoms with E-state index in [1.807, 2.05) is 0 Å². The summed E-state index contributed by atoms with van der Waals surface area (Å²) in [6.07, 6.45) is 2.82. The number of sulfone groups is 1. The number of hydrogen-bond donors (Lipinski definition) is 1. The van der Waals surface area contributed by atoms with Crippen LogP contribution in [0.1, 0.15) is 44.3 Å². The Morgan fingerprint density at radius 3 is 2.67 bits per heavy atom. The van der Waals surface area contributed by atoms with Crippen molar-refractivity contribution in [3.63, 3.8) is 0 Å². The van der Waals surface area contributed by atoms with E-state index >= 15 is 0 Å². The maximum absolute atomic E-state index is 13.8. The van der Waals surface area contributed by atoms with E-state index in [9.17, 15) is 17.9 Å². The summed E-state index contributed by atoms with van der Waals surface area (Å²) < 4.78 is 42.7. The zero-order chi connectivity index (χ0) is 15.6. The highest BCUT2D eigenvalue weighted by atomic mass is 32.2. The van der Waals surface area contributed by atoms with Crippen molar-refractivity contribution in [1.29, 1.82) is 0 Å². The Morgan fingerprint density at radius 1 is 1.38 bits per heavy atom. The Labute approximate surface area is 124 Å². The normalized spacial score (nSPS) is 24.6. The molecular weight excluding hydrogens is 295 g/mol. The molecule has 1 aromatic carbocycles. The molecule has 118 valence electrons. The van der Waals surface area contributed by atoms with Crippen LogP contribution < -0.4 is 4.74 Å². The van der Waals surface area contributed by atoms with Crippen LogP contribution in [0.3, 0.4) is 0 Å². The first kappa shape index (κ1) is 16.2. The van der Waals surface area contributed by atoms with Crippen molar-refractivity contribution in [3.8, 4) is 5.75 Å². The van der Waals surface area contributed by atoms with Crippen molar-refractivity contribution in [2.45, 2.75) is 50.1 Å². The maximum atomic E-state index is 13.8. The van der Waals surface area contributed by atoms with Crippen molar-refractivity contribution in [2.75, 3.05) is 6.26 Å². The minimum atomic E-state index is -3.06. The quantitative estimate of drug-likeness (QED) is 0.927. The molecule has 2 unspecified atom stereocenters. The van der Waals surface area contributed by atoms with Gasteiger partial charge in [-0.1, -0.05) is 0 Å². The fraction of sp³-hybridized carbons (Fsp3) is 0.600. The summed E-state index contributed by atoms with van der Waals surface area (Å²) in [6, 6.07) is 4.34. The largest absolute Gasteiger partial charge is 0.490 e. The Bertz CT molecular complexity index is 598. The second kappa shape index (κ2) is 6.32. The predicted octanol–water partition coefficient (Wildman–Crippen LogP) is 2.61. The molecule has 1 aliphatic carbocycles. The number of halogens is 1. The monoisotopic (exact) mass is 316 g/mol. The van der Waals surface area contributed by atoms with Gasteiger partial charge in [0.15, 0.2) is 0 Å². The lowest BCUT2D eigenvalue weighted by Gasteiger charge is -2.28. The van der Waals surface area contributed by atoms with Crippen LogP contribution in [0.15, 0.2) is 18.2 Å². The Hall–Kier alpha value is -1.14. The molecule has 1 N–H and O–H groups in total. The first-order valence-corrected chi connectivity index (χ1v) is 9.06. The molecule has 1 aromatic rings. The lowest BCUT2D eigenvalue weighted by atomic mass is 9.97. The Balaban J connectivity index is 2.06. The Kier molecular flexibility index (Phi) is 4.88. The van der Waals surface area contributed by atoms with E-state index in [1.54, 1.807) is 6.07 Å². The minimum Gasteiger partial charge on any atom is -0.490 e. The van der Waals surface area contributed by atoms with Gasteiger partial charge in [-0.25, -0.2) is 12.8 Å². The second-order valence-corrected chi connectivity index (χ2v) is 8.04. The molecule has 0 spiro atoms. The fourth-order valence-electron chi connectivity index (χ4n) is 2.71. The van der Waals surface area contributed by atoms with E-state index in [-0.39, 0.29) is 16.9 Å². The summed E-state index contributed by atoms with van der Waals surface area (Å²) in [7, 11) is -3.06. The molecule has 6 heteroatoms. The van der Waals surface area contributed by atoms with Gasteiger partial charge in [0.05, 0.1) is 17.5 Å². The summed E-state index contributed by atoms with van der Waals surface area (Å²) in [5.74, 6) is -0.144. The van der Waals surface area contributed by atoms with Crippen LogP contribution in [0.5, 0.6) is 5.75 Å². The van der Waals surface area contributed by atoms with Gasteiger partial charge in [-0.3, -0.25) is 0 Å². The van der Waals surface area contributed by atoms with Crippen LogP contribution in [0.2, 0.25) is 0 Å². The number of aliphatic hydroxyl groups excluding tert-OH is 1. The number of aliphatic hydroxyl groups is 1. The highest BCUT2D eigenvalue weighted by Gasteiger charge is 2.30. The van der Waals surface area contributed by atoms with Crippen molar-refractivity contribution < 1.29 is 22.7 Å². The van der Waals surface area contributed by atoms with E-state index in [4.69, 9.17) is 4.74 Å². The summed E-state index contributed by atoms with van der Waals surface area (Å²) in [5.41, 5.74) is 0.222. The first-order valence-electron chi connectivity index (χ1n) is 7.10. The van der Waals surface area contributed by atoms with Crippen LogP contribution in [0.25, 0.3) is 0 Å². The maximum Gasteiger partial charge on any atom is 0.150 e. The molecular formula is C15H21FO4S. The van der Waals surface area contributed by atoms with Crippen LogP contribution >= 0.6 is 0 Å². The lowest BCUT2D eigenvalue weighted by Crippen LogP contribution is -2.33. The first-order chi connectivity index (χ1) is 9.77. The summed E-state index contributed by atoms with van der Waals surface area (Å²) in [4.78, 5) is 0. The molecule has 1 aliphatic rings. The summed E-state index contributed by atoms with van der Waals surface area (Å²) in [5, 5.41) is 9.02. The average molecular weight is 316 g/mol. The fourth-order valence-corrected chi connectivity index (χ4v) is 3.87. The van der Waals surface area contributed by atoms with E-state index in [0.717, 1.165) is 12.8 Å². The Morgan fingerprint density at radius 2 is 2.10 bits per heavy atom. The highest BCUT2D eigenvalue weighted by Crippen LogP contribution is 2.29. The smallest absolute Gasteiger partial charge is 0.150 e. The van der Waals surface area contributed by atoms with Crippen LogP contribution in [0.4, 0.5) is 4.39 Å². The SMILES string of the molecule is C[C@@H](O)c1ccc(OC2CCCC(S(C)(=O)=O)C2)cc1F. The van der Waals surface area contributed by atoms with Gasteiger partial charge in [0, 0.05) is 24.3 Å². The molecule has 2 rings (SSSR count). The lowest BCUT2D eigenvalue weighted by molar-refractivity contribution is 0.155.